The number of likely N-dealkylation sites (tertiary alicyclic amines) is 1. The molecule has 216 valence electrons. The van der Waals surface area contributed by atoms with E-state index >= 15 is 0 Å². The van der Waals surface area contributed by atoms with E-state index in [1.807, 2.05) is 42.3 Å². The van der Waals surface area contributed by atoms with Gasteiger partial charge in [-0.1, -0.05) is 11.6 Å². The van der Waals surface area contributed by atoms with Crippen molar-refractivity contribution < 1.29 is 19.0 Å². The number of pyridine rings is 1. The number of halogens is 1. The van der Waals surface area contributed by atoms with E-state index in [4.69, 9.17) is 30.8 Å². The third kappa shape index (κ3) is 6.41. The number of piperidine rings is 1. The average molecular weight is 570 g/mol. The van der Waals surface area contributed by atoms with Crippen LogP contribution in [0.25, 0.3) is 16.9 Å². The number of anilines is 1. The number of benzene rings is 1. The van der Waals surface area contributed by atoms with Crippen LogP contribution in [0.2, 0.25) is 5.02 Å². The van der Waals surface area contributed by atoms with Crippen LogP contribution >= 0.6 is 11.6 Å². The smallest absolute Gasteiger partial charge is 0.410 e. The quantitative estimate of drug-likeness (QED) is 0.403. The Morgan fingerprint density at radius 2 is 1.82 bits per heavy atom. The first kappa shape index (κ1) is 28.4. The number of hydrogen-bond donors (Lipinski definition) is 1. The number of hydrogen-bond acceptors (Lipinski definition) is 7. The van der Waals surface area contributed by atoms with Crippen molar-refractivity contribution in [3.63, 3.8) is 0 Å². The zero-order chi connectivity index (χ0) is 28.4. The van der Waals surface area contributed by atoms with Crippen molar-refractivity contribution in [1.82, 2.24) is 19.6 Å². The van der Waals surface area contributed by atoms with E-state index in [9.17, 15) is 4.79 Å². The van der Waals surface area contributed by atoms with Crippen LogP contribution in [0.3, 0.4) is 0 Å². The summed E-state index contributed by atoms with van der Waals surface area (Å²) in [5.74, 6) is 1.81. The number of methoxy groups -OCH3 is 2. The van der Waals surface area contributed by atoms with E-state index in [0.717, 1.165) is 68.9 Å². The molecule has 2 aliphatic rings. The predicted octanol–water partition coefficient (Wildman–Crippen LogP) is 5.49. The van der Waals surface area contributed by atoms with Crippen LogP contribution in [0.15, 0.2) is 36.7 Å². The summed E-state index contributed by atoms with van der Waals surface area (Å²) >= 11 is 6.40. The van der Waals surface area contributed by atoms with Crippen LogP contribution in [0.4, 0.5) is 10.5 Å². The number of amides is 1. The fourth-order valence-corrected chi connectivity index (χ4v) is 5.74. The minimum Gasteiger partial charge on any atom is -0.496 e. The van der Waals surface area contributed by atoms with Gasteiger partial charge in [-0.25, -0.2) is 9.78 Å². The highest BCUT2D eigenvalue weighted by Crippen LogP contribution is 2.38. The SMILES string of the molecule is COc1cc(OC)c(-c2cn3ccc(N4CC[C@H](NCC5CCN(C(=O)OC(C)(C)C)CC5)C4)cc3n2)cc1Cl. The zero-order valence-electron chi connectivity index (χ0n) is 24.1. The number of rotatable bonds is 7. The first-order valence-corrected chi connectivity index (χ1v) is 14.4. The number of aromatic nitrogens is 2. The third-order valence-electron chi connectivity index (χ3n) is 7.71. The standard InChI is InChI=1S/C30H40ClN5O4/c1-30(2,3)40-29(37)34-10-6-20(7-11-34)17-32-21-8-12-35(18-21)22-9-13-36-19-25(33-28(36)14-22)23-15-24(31)27(39-5)16-26(23)38-4/h9,13-16,19-21,32H,6-8,10-12,17-18H2,1-5H3/t21-/m0/s1. The Morgan fingerprint density at radius 1 is 1.07 bits per heavy atom. The lowest BCUT2D eigenvalue weighted by Gasteiger charge is -2.34. The molecule has 1 aromatic carbocycles. The average Bonchev–Trinajstić information content (AvgIpc) is 3.58. The van der Waals surface area contributed by atoms with E-state index < -0.39 is 5.60 Å². The highest BCUT2D eigenvalue weighted by Gasteiger charge is 2.28. The second-order valence-corrected chi connectivity index (χ2v) is 12.1. The molecule has 2 saturated heterocycles. The molecule has 0 radical (unpaired) electrons. The molecule has 5 rings (SSSR count). The van der Waals surface area contributed by atoms with Gasteiger partial charge in [-0.05, 0) is 64.6 Å². The fourth-order valence-electron chi connectivity index (χ4n) is 5.50. The number of nitrogens with zero attached hydrogens (tertiary/aromatic N) is 4. The molecular formula is C30H40ClN5O4. The maximum absolute atomic E-state index is 12.3. The van der Waals surface area contributed by atoms with Crippen molar-refractivity contribution >= 4 is 29.0 Å². The molecule has 2 fully saturated rings. The van der Waals surface area contributed by atoms with Gasteiger partial charge in [-0.15, -0.1) is 0 Å². The first-order valence-electron chi connectivity index (χ1n) is 14.0. The van der Waals surface area contributed by atoms with Crippen molar-refractivity contribution in [3.05, 3.63) is 41.7 Å². The second kappa shape index (κ2) is 11.7. The minimum atomic E-state index is -0.452. The maximum atomic E-state index is 12.3. The van der Waals surface area contributed by atoms with Crippen molar-refractivity contribution in [1.29, 1.82) is 0 Å². The van der Waals surface area contributed by atoms with Crippen LogP contribution < -0.4 is 19.7 Å². The number of nitrogens with one attached hydrogen (secondary N) is 1. The lowest BCUT2D eigenvalue weighted by atomic mass is 9.96. The van der Waals surface area contributed by atoms with Gasteiger partial charge in [-0.2, -0.15) is 0 Å². The summed E-state index contributed by atoms with van der Waals surface area (Å²) in [6.07, 6.45) is 6.96. The van der Waals surface area contributed by atoms with Gasteiger partial charge < -0.3 is 33.7 Å². The van der Waals surface area contributed by atoms with Gasteiger partial charge in [0.05, 0.1) is 24.9 Å². The molecule has 0 saturated carbocycles. The number of ether oxygens (including phenoxy) is 3. The van der Waals surface area contributed by atoms with Crippen LogP contribution in [0.5, 0.6) is 11.5 Å². The Labute approximate surface area is 241 Å². The van der Waals surface area contributed by atoms with E-state index in [1.54, 1.807) is 20.3 Å². The van der Waals surface area contributed by atoms with Gasteiger partial charge in [0.2, 0.25) is 0 Å². The largest absolute Gasteiger partial charge is 0.496 e. The number of imidazole rings is 1. The molecule has 0 bridgehead atoms. The van der Waals surface area contributed by atoms with Gasteiger partial charge in [0.15, 0.2) is 0 Å². The first-order chi connectivity index (χ1) is 19.1. The summed E-state index contributed by atoms with van der Waals surface area (Å²) in [5.41, 5.74) is 3.19. The summed E-state index contributed by atoms with van der Waals surface area (Å²) in [4.78, 5) is 21.5. The Hall–Kier alpha value is -3.17. The molecule has 3 aromatic rings. The molecule has 0 spiro atoms. The Morgan fingerprint density at radius 3 is 2.52 bits per heavy atom. The molecule has 2 aromatic heterocycles. The van der Waals surface area contributed by atoms with Crippen LogP contribution in [-0.2, 0) is 4.74 Å². The van der Waals surface area contributed by atoms with Crippen LogP contribution in [0.1, 0.15) is 40.0 Å². The molecule has 40 heavy (non-hydrogen) atoms. The molecule has 9 nitrogen and oxygen atoms in total. The van der Waals surface area contributed by atoms with Gasteiger partial charge in [-0.3, -0.25) is 0 Å². The van der Waals surface area contributed by atoms with Crippen LogP contribution in [0, 0.1) is 5.92 Å². The number of carbonyl (C=O) groups is 1. The maximum Gasteiger partial charge on any atom is 0.410 e. The van der Waals surface area contributed by atoms with Crippen LogP contribution in [-0.4, -0.2) is 79.0 Å². The molecule has 1 N–H and O–H groups in total. The lowest BCUT2D eigenvalue weighted by Crippen LogP contribution is -2.44. The molecule has 4 heterocycles. The Bertz CT molecular complexity index is 1350. The molecule has 0 aliphatic carbocycles. The number of carbonyl (C=O) groups excluding carboxylic acids is 1. The van der Waals surface area contributed by atoms with E-state index in [1.165, 1.54) is 5.69 Å². The molecule has 10 heteroatoms. The molecular weight excluding hydrogens is 530 g/mol. The second-order valence-electron chi connectivity index (χ2n) is 11.7. The summed E-state index contributed by atoms with van der Waals surface area (Å²) < 4.78 is 18.5. The molecule has 1 amide bonds. The van der Waals surface area contributed by atoms with Crippen molar-refractivity contribution in [2.45, 2.75) is 51.7 Å². The summed E-state index contributed by atoms with van der Waals surface area (Å²) in [7, 11) is 3.22. The Balaban J connectivity index is 1.16. The van der Waals surface area contributed by atoms with Gasteiger partial charge in [0, 0.05) is 68.0 Å². The topological polar surface area (TPSA) is 80.6 Å². The van der Waals surface area contributed by atoms with Gasteiger partial charge >= 0.3 is 6.09 Å². The third-order valence-corrected chi connectivity index (χ3v) is 8.00. The highest BCUT2D eigenvalue weighted by atomic mass is 35.5. The van der Waals surface area contributed by atoms with Crippen molar-refractivity contribution in [2.75, 3.05) is 51.8 Å². The zero-order valence-corrected chi connectivity index (χ0v) is 24.8. The normalized spacial score (nSPS) is 18.4. The van der Waals surface area contributed by atoms with Gasteiger partial charge in [0.25, 0.3) is 0 Å². The lowest BCUT2D eigenvalue weighted by molar-refractivity contribution is 0.0183. The summed E-state index contributed by atoms with van der Waals surface area (Å²) in [5, 5.41) is 4.30. The van der Waals surface area contributed by atoms with E-state index in [0.29, 0.717) is 28.5 Å². The Kier molecular flexibility index (Phi) is 8.33. The predicted molar refractivity (Wildman–Crippen MR) is 158 cm³/mol. The van der Waals surface area contributed by atoms with E-state index in [-0.39, 0.29) is 6.09 Å². The molecule has 1 atom stereocenters. The molecule has 2 aliphatic heterocycles. The van der Waals surface area contributed by atoms with E-state index in [2.05, 4.69) is 28.5 Å². The summed E-state index contributed by atoms with van der Waals surface area (Å²) in [6, 6.07) is 8.34. The van der Waals surface area contributed by atoms with Crippen molar-refractivity contribution in [3.8, 4) is 22.8 Å². The molecule has 0 unspecified atom stereocenters. The fraction of sp³-hybridized carbons (Fsp3) is 0.533. The summed E-state index contributed by atoms with van der Waals surface area (Å²) in [6.45, 7) is 10.2. The van der Waals surface area contributed by atoms with Crippen molar-refractivity contribution in [2.24, 2.45) is 5.92 Å². The van der Waals surface area contributed by atoms with Gasteiger partial charge in [0.1, 0.15) is 22.7 Å². The number of fused-ring (bicyclic) bond motifs is 1. The highest BCUT2D eigenvalue weighted by molar-refractivity contribution is 6.32. The monoisotopic (exact) mass is 569 g/mol. The minimum absolute atomic E-state index is 0.196.